The molecular weight excluding hydrogens is 271 g/mol. The van der Waals surface area contributed by atoms with Crippen molar-refractivity contribution in [3.05, 3.63) is 47.3 Å². The summed E-state index contributed by atoms with van der Waals surface area (Å²) in [5.41, 5.74) is 0.519. The Kier molecular flexibility index (Phi) is 4.16. The molecule has 6 heteroatoms. The van der Waals surface area contributed by atoms with Crippen LogP contribution in [0.25, 0.3) is 0 Å². The zero-order valence-corrected chi connectivity index (χ0v) is 10.8. The second kappa shape index (κ2) is 5.84. The standard InChI is InChI=1S/C13H12ClFN2O2/c1-2-6-16-13(18)11-7-10(17-19-11)12-8(14)4-3-5-9(12)15/h2-5,11H,1,6-7H2,(H,16,18). The minimum atomic E-state index is -0.759. The minimum Gasteiger partial charge on any atom is -0.382 e. The lowest BCUT2D eigenvalue weighted by atomic mass is 10.0. The number of oxime groups is 1. The summed E-state index contributed by atoms with van der Waals surface area (Å²) in [6, 6.07) is 4.36. The van der Waals surface area contributed by atoms with Gasteiger partial charge < -0.3 is 10.2 Å². The van der Waals surface area contributed by atoms with E-state index in [9.17, 15) is 9.18 Å². The van der Waals surface area contributed by atoms with Crippen molar-refractivity contribution in [2.24, 2.45) is 5.16 Å². The molecule has 0 aliphatic carbocycles. The van der Waals surface area contributed by atoms with Gasteiger partial charge in [0, 0.05) is 13.0 Å². The van der Waals surface area contributed by atoms with Crippen LogP contribution >= 0.6 is 11.6 Å². The van der Waals surface area contributed by atoms with Crippen molar-refractivity contribution in [2.75, 3.05) is 6.54 Å². The topological polar surface area (TPSA) is 50.7 Å². The van der Waals surface area contributed by atoms with E-state index in [4.69, 9.17) is 16.4 Å². The van der Waals surface area contributed by atoms with Crippen LogP contribution in [0.15, 0.2) is 36.0 Å². The maximum absolute atomic E-state index is 13.7. The van der Waals surface area contributed by atoms with Crippen molar-refractivity contribution in [3.8, 4) is 0 Å². The van der Waals surface area contributed by atoms with Crippen LogP contribution in [-0.2, 0) is 9.63 Å². The molecule has 0 spiro atoms. The van der Waals surface area contributed by atoms with Crippen molar-refractivity contribution in [1.82, 2.24) is 5.32 Å². The van der Waals surface area contributed by atoms with Gasteiger partial charge in [-0.25, -0.2) is 4.39 Å². The predicted molar refractivity (Wildman–Crippen MR) is 70.6 cm³/mol. The Morgan fingerprint density at radius 1 is 1.68 bits per heavy atom. The van der Waals surface area contributed by atoms with Gasteiger partial charge in [-0.1, -0.05) is 28.9 Å². The predicted octanol–water partition coefficient (Wildman–Crippen LogP) is 2.27. The molecule has 0 aromatic heterocycles. The third-order valence-electron chi connectivity index (χ3n) is 2.63. The third kappa shape index (κ3) is 2.93. The zero-order valence-electron chi connectivity index (χ0n) is 10.0. The largest absolute Gasteiger partial charge is 0.382 e. The van der Waals surface area contributed by atoms with E-state index < -0.39 is 11.9 Å². The van der Waals surface area contributed by atoms with Crippen molar-refractivity contribution in [2.45, 2.75) is 12.5 Å². The SMILES string of the molecule is C=CCNC(=O)C1CC(c2c(F)cccc2Cl)=NO1. The van der Waals surface area contributed by atoms with Gasteiger partial charge in [0.2, 0.25) is 6.10 Å². The van der Waals surface area contributed by atoms with Crippen molar-refractivity contribution >= 4 is 23.2 Å². The Morgan fingerprint density at radius 3 is 3.16 bits per heavy atom. The van der Waals surface area contributed by atoms with E-state index in [0.717, 1.165) is 0 Å². The second-order valence-electron chi connectivity index (χ2n) is 3.97. The average Bonchev–Trinajstić information content (AvgIpc) is 2.85. The van der Waals surface area contributed by atoms with Gasteiger partial charge in [-0.3, -0.25) is 4.79 Å². The van der Waals surface area contributed by atoms with E-state index in [1.807, 2.05) is 0 Å². The molecule has 0 saturated heterocycles. The van der Waals surface area contributed by atoms with Crippen molar-refractivity contribution in [3.63, 3.8) is 0 Å². The third-order valence-corrected chi connectivity index (χ3v) is 2.95. The first kappa shape index (κ1) is 13.5. The number of carbonyl (C=O) groups excluding carboxylic acids is 1. The molecule has 2 rings (SSSR count). The molecule has 0 radical (unpaired) electrons. The molecule has 1 N–H and O–H groups in total. The van der Waals surface area contributed by atoms with E-state index >= 15 is 0 Å². The fraction of sp³-hybridized carbons (Fsp3) is 0.231. The Balaban J connectivity index is 2.10. The summed E-state index contributed by atoms with van der Waals surface area (Å²) < 4.78 is 13.7. The monoisotopic (exact) mass is 282 g/mol. The van der Waals surface area contributed by atoms with Crippen LogP contribution in [0.2, 0.25) is 5.02 Å². The van der Waals surface area contributed by atoms with Crippen LogP contribution in [-0.4, -0.2) is 24.3 Å². The number of nitrogens with one attached hydrogen (secondary N) is 1. The fourth-order valence-corrected chi connectivity index (χ4v) is 2.00. The molecule has 100 valence electrons. The number of hydrogen-bond acceptors (Lipinski definition) is 3. The van der Waals surface area contributed by atoms with Gasteiger partial charge >= 0.3 is 0 Å². The van der Waals surface area contributed by atoms with Crippen LogP contribution < -0.4 is 5.32 Å². The highest BCUT2D eigenvalue weighted by atomic mass is 35.5. The second-order valence-corrected chi connectivity index (χ2v) is 4.37. The van der Waals surface area contributed by atoms with Gasteiger partial charge in [-0.05, 0) is 12.1 Å². The number of carbonyl (C=O) groups is 1. The number of amides is 1. The smallest absolute Gasteiger partial charge is 0.264 e. The van der Waals surface area contributed by atoms with E-state index in [0.29, 0.717) is 12.3 Å². The van der Waals surface area contributed by atoms with E-state index in [1.165, 1.54) is 12.1 Å². The summed E-state index contributed by atoms with van der Waals surface area (Å²) in [7, 11) is 0. The molecular formula is C13H12ClFN2O2. The Labute approximate surface area is 114 Å². The molecule has 19 heavy (non-hydrogen) atoms. The van der Waals surface area contributed by atoms with Gasteiger partial charge in [0.15, 0.2) is 0 Å². The molecule has 1 aromatic rings. The number of halogens is 2. The van der Waals surface area contributed by atoms with E-state index in [-0.39, 0.29) is 22.9 Å². The molecule has 4 nitrogen and oxygen atoms in total. The summed E-state index contributed by atoms with van der Waals surface area (Å²) >= 11 is 5.93. The first-order valence-electron chi connectivity index (χ1n) is 5.69. The molecule has 0 bridgehead atoms. The lowest BCUT2D eigenvalue weighted by Crippen LogP contribution is -2.34. The fourth-order valence-electron chi connectivity index (χ4n) is 1.73. The Hall–Kier alpha value is -1.88. The number of hydrogen-bond donors (Lipinski definition) is 1. The summed E-state index contributed by atoms with van der Waals surface area (Å²) in [5.74, 6) is -0.798. The molecule has 1 aliphatic heterocycles. The maximum atomic E-state index is 13.7. The van der Waals surface area contributed by atoms with Gasteiger partial charge in [-0.2, -0.15) is 0 Å². The molecule has 1 aromatic carbocycles. The van der Waals surface area contributed by atoms with Gasteiger partial charge in [0.05, 0.1) is 16.3 Å². The van der Waals surface area contributed by atoms with Gasteiger partial charge in [0.1, 0.15) is 5.82 Å². The average molecular weight is 283 g/mol. The first-order valence-corrected chi connectivity index (χ1v) is 6.07. The quantitative estimate of drug-likeness (QED) is 0.862. The van der Waals surface area contributed by atoms with Crippen LogP contribution in [0.5, 0.6) is 0 Å². The van der Waals surface area contributed by atoms with Crippen LogP contribution in [0.3, 0.4) is 0 Å². The van der Waals surface area contributed by atoms with E-state index in [1.54, 1.807) is 12.1 Å². The van der Waals surface area contributed by atoms with Crippen LogP contribution in [0.4, 0.5) is 4.39 Å². The molecule has 1 atom stereocenters. The van der Waals surface area contributed by atoms with E-state index in [2.05, 4.69) is 17.1 Å². The minimum absolute atomic E-state index is 0.184. The highest BCUT2D eigenvalue weighted by molar-refractivity contribution is 6.34. The molecule has 1 heterocycles. The van der Waals surface area contributed by atoms with Crippen LogP contribution in [0.1, 0.15) is 12.0 Å². The summed E-state index contributed by atoms with van der Waals surface area (Å²) in [6.45, 7) is 3.84. The normalized spacial score (nSPS) is 17.6. The molecule has 0 fully saturated rings. The summed E-state index contributed by atoms with van der Waals surface area (Å²) in [5, 5.41) is 6.58. The van der Waals surface area contributed by atoms with Crippen LogP contribution in [0, 0.1) is 5.82 Å². The highest BCUT2D eigenvalue weighted by Crippen LogP contribution is 2.25. The first-order chi connectivity index (χ1) is 9.13. The molecule has 0 saturated carbocycles. The number of rotatable bonds is 4. The molecule has 1 unspecified atom stereocenters. The zero-order chi connectivity index (χ0) is 13.8. The molecule has 1 amide bonds. The number of benzene rings is 1. The lowest BCUT2D eigenvalue weighted by Gasteiger charge is -2.07. The van der Waals surface area contributed by atoms with Gasteiger partial charge in [-0.15, -0.1) is 6.58 Å². The maximum Gasteiger partial charge on any atom is 0.264 e. The Morgan fingerprint density at radius 2 is 2.47 bits per heavy atom. The summed E-state index contributed by atoms with van der Waals surface area (Å²) in [4.78, 5) is 16.7. The molecule has 1 aliphatic rings. The Bertz CT molecular complexity index is 525. The van der Waals surface area contributed by atoms with Gasteiger partial charge in [0.25, 0.3) is 5.91 Å². The number of nitrogens with zero attached hydrogens (tertiary/aromatic N) is 1. The van der Waals surface area contributed by atoms with Crippen molar-refractivity contribution < 1.29 is 14.0 Å². The lowest BCUT2D eigenvalue weighted by molar-refractivity contribution is -0.130. The van der Waals surface area contributed by atoms with Crippen molar-refractivity contribution in [1.29, 1.82) is 0 Å². The summed E-state index contributed by atoms with van der Waals surface area (Å²) in [6.07, 6.45) is 0.983. The highest BCUT2D eigenvalue weighted by Gasteiger charge is 2.30.